The monoisotopic (exact) mass is 183 g/mol. The molecular weight excluding hydrogens is 162 g/mol. The van der Waals surface area contributed by atoms with Gasteiger partial charge in [0, 0.05) is 11.5 Å². The fraction of sp³-hybridized carbons (Fsp3) is 1.00. The SMILES string of the molecule is CCC(C)N1CCC2(CC1)COC2. The van der Waals surface area contributed by atoms with Crippen molar-refractivity contribution in [3.8, 4) is 0 Å². The van der Waals surface area contributed by atoms with Crippen LogP contribution >= 0.6 is 0 Å². The highest BCUT2D eigenvalue weighted by atomic mass is 16.5. The molecule has 1 spiro atoms. The molecule has 2 aliphatic heterocycles. The van der Waals surface area contributed by atoms with Crippen LogP contribution in [0.15, 0.2) is 0 Å². The normalized spacial score (nSPS) is 30.0. The first-order chi connectivity index (χ1) is 6.26. The minimum Gasteiger partial charge on any atom is -0.380 e. The number of nitrogens with zero attached hydrogens (tertiary/aromatic N) is 1. The molecule has 0 aromatic carbocycles. The minimum absolute atomic E-state index is 0.601. The largest absolute Gasteiger partial charge is 0.380 e. The fourth-order valence-corrected chi connectivity index (χ4v) is 2.38. The van der Waals surface area contributed by atoms with E-state index in [1.165, 1.54) is 32.4 Å². The Morgan fingerprint density at radius 3 is 2.31 bits per heavy atom. The molecule has 13 heavy (non-hydrogen) atoms. The lowest BCUT2D eigenvalue weighted by atomic mass is 9.76. The lowest BCUT2D eigenvalue weighted by Crippen LogP contribution is -2.52. The van der Waals surface area contributed by atoms with E-state index in [0.717, 1.165) is 19.3 Å². The van der Waals surface area contributed by atoms with E-state index in [1.807, 2.05) is 0 Å². The number of likely N-dealkylation sites (tertiary alicyclic amines) is 1. The maximum Gasteiger partial charge on any atom is 0.0545 e. The van der Waals surface area contributed by atoms with Gasteiger partial charge in [-0.15, -0.1) is 0 Å². The van der Waals surface area contributed by atoms with Crippen molar-refractivity contribution in [3.05, 3.63) is 0 Å². The third-order valence-electron chi connectivity index (χ3n) is 3.89. The zero-order valence-corrected chi connectivity index (χ0v) is 8.88. The minimum atomic E-state index is 0.601. The quantitative estimate of drug-likeness (QED) is 0.648. The summed E-state index contributed by atoms with van der Waals surface area (Å²) in [6, 6.07) is 0.776. The molecule has 2 saturated heterocycles. The van der Waals surface area contributed by atoms with Gasteiger partial charge in [-0.3, -0.25) is 0 Å². The molecule has 0 N–H and O–H groups in total. The van der Waals surface area contributed by atoms with Crippen molar-refractivity contribution in [1.82, 2.24) is 4.90 Å². The Hall–Kier alpha value is -0.0800. The predicted molar refractivity (Wildman–Crippen MR) is 53.8 cm³/mol. The van der Waals surface area contributed by atoms with E-state index in [9.17, 15) is 0 Å². The Morgan fingerprint density at radius 1 is 1.31 bits per heavy atom. The van der Waals surface area contributed by atoms with Crippen LogP contribution < -0.4 is 0 Å². The zero-order chi connectivity index (χ0) is 9.31. The molecule has 0 aromatic heterocycles. The maximum atomic E-state index is 5.32. The summed E-state index contributed by atoms with van der Waals surface area (Å²) in [5, 5.41) is 0. The Kier molecular flexibility index (Phi) is 2.61. The molecule has 2 heteroatoms. The summed E-state index contributed by atoms with van der Waals surface area (Å²) in [4.78, 5) is 2.63. The van der Waals surface area contributed by atoms with Gasteiger partial charge in [-0.25, -0.2) is 0 Å². The van der Waals surface area contributed by atoms with Crippen molar-refractivity contribution >= 4 is 0 Å². The first-order valence-corrected chi connectivity index (χ1v) is 5.57. The van der Waals surface area contributed by atoms with Gasteiger partial charge in [0.15, 0.2) is 0 Å². The van der Waals surface area contributed by atoms with E-state index >= 15 is 0 Å². The summed E-state index contributed by atoms with van der Waals surface area (Å²) >= 11 is 0. The first kappa shape index (κ1) is 9.47. The fourth-order valence-electron chi connectivity index (χ4n) is 2.38. The van der Waals surface area contributed by atoms with Gasteiger partial charge in [0.05, 0.1) is 13.2 Å². The summed E-state index contributed by atoms with van der Waals surface area (Å²) in [5.41, 5.74) is 0.601. The Labute approximate surface area is 81.3 Å². The van der Waals surface area contributed by atoms with E-state index in [2.05, 4.69) is 18.7 Å². The molecule has 0 bridgehead atoms. The second-order valence-electron chi connectivity index (χ2n) is 4.79. The van der Waals surface area contributed by atoms with Crippen molar-refractivity contribution in [2.45, 2.75) is 39.2 Å². The van der Waals surface area contributed by atoms with Crippen molar-refractivity contribution < 1.29 is 4.74 Å². The molecule has 0 aromatic rings. The van der Waals surface area contributed by atoms with Crippen LogP contribution in [0.4, 0.5) is 0 Å². The smallest absolute Gasteiger partial charge is 0.0545 e. The second-order valence-corrected chi connectivity index (χ2v) is 4.79. The van der Waals surface area contributed by atoms with Gasteiger partial charge in [0.25, 0.3) is 0 Å². The molecular formula is C11H21NO. The third kappa shape index (κ3) is 1.75. The highest BCUT2D eigenvalue weighted by Crippen LogP contribution is 2.38. The van der Waals surface area contributed by atoms with Gasteiger partial charge in [-0.2, -0.15) is 0 Å². The number of ether oxygens (including phenoxy) is 1. The molecule has 2 fully saturated rings. The molecule has 1 unspecified atom stereocenters. The van der Waals surface area contributed by atoms with Crippen LogP contribution in [0.2, 0.25) is 0 Å². The topological polar surface area (TPSA) is 12.5 Å². The molecule has 1 atom stereocenters. The molecule has 76 valence electrons. The maximum absolute atomic E-state index is 5.32. The van der Waals surface area contributed by atoms with E-state index in [0.29, 0.717) is 5.41 Å². The lowest BCUT2D eigenvalue weighted by molar-refractivity contribution is -0.142. The Bertz CT molecular complexity index is 167. The second kappa shape index (κ2) is 3.58. The molecule has 2 aliphatic rings. The highest BCUT2D eigenvalue weighted by molar-refractivity contribution is 4.91. The van der Waals surface area contributed by atoms with Crippen molar-refractivity contribution in [2.75, 3.05) is 26.3 Å². The van der Waals surface area contributed by atoms with Crippen LogP contribution in [-0.2, 0) is 4.74 Å². The van der Waals surface area contributed by atoms with E-state index in [1.54, 1.807) is 0 Å². The van der Waals surface area contributed by atoms with E-state index in [4.69, 9.17) is 4.74 Å². The van der Waals surface area contributed by atoms with Gasteiger partial charge in [0.1, 0.15) is 0 Å². The van der Waals surface area contributed by atoms with Crippen LogP contribution in [0.1, 0.15) is 33.1 Å². The predicted octanol–water partition coefficient (Wildman–Crippen LogP) is 1.90. The average molecular weight is 183 g/mol. The average Bonchev–Trinajstić information content (AvgIpc) is 2.14. The number of rotatable bonds is 2. The van der Waals surface area contributed by atoms with Gasteiger partial charge in [-0.05, 0) is 39.3 Å². The van der Waals surface area contributed by atoms with Crippen LogP contribution in [0.5, 0.6) is 0 Å². The van der Waals surface area contributed by atoms with Crippen LogP contribution in [0.3, 0.4) is 0 Å². The summed E-state index contributed by atoms with van der Waals surface area (Å²) in [6.07, 6.45) is 4.00. The van der Waals surface area contributed by atoms with Crippen molar-refractivity contribution in [3.63, 3.8) is 0 Å². The molecule has 2 nitrogen and oxygen atoms in total. The Morgan fingerprint density at radius 2 is 1.92 bits per heavy atom. The van der Waals surface area contributed by atoms with Crippen molar-refractivity contribution in [1.29, 1.82) is 0 Å². The summed E-state index contributed by atoms with van der Waals surface area (Å²) in [7, 11) is 0. The molecule has 2 heterocycles. The number of hydrogen-bond acceptors (Lipinski definition) is 2. The number of hydrogen-bond donors (Lipinski definition) is 0. The molecule has 2 rings (SSSR count). The highest BCUT2D eigenvalue weighted by Gasteiger charge is 2.41. The van der Waals surface area contributed by atoms with Crippen LogP contribution in [-0.4, -0.2) is 37.2 Å². The first-order valence-electron chi connectivity index (χ1n) is 5.57. The van der Waals surface area contributed by atoms with Crippen LogP contribution in [0, 0.1) is 5.41 Å². The van der Waals surface area contributed by atoms with Gasteiger partial charge in [-0.1, -0.05) is 6.92 Å². The van der Waals surface area contributed by atoms with Gasteiger partial charge < -0.3 is 9.64 Å². The van der Waals surface area contributed by atoms with Gasteiger partial charge in [0.2, 0.25) is 0 Å². The van der Waals surface area contributed by atoms with E-state index in [-0.39, 0.29) is 0 Å². The summed E-state index contributed by atoms with van der Waals surface area (Å²) in [5.74, 6) is 0. The summed E-state index contributed by atoms with van der Waals surface area (Å²) in [6.45, 7) is 9.26. The summed E-state index contributed by atoms with van der Waals surface area (Å²) < 4.78 is 5.32. The van der Waals surface area contributed by atoms with Crippen molar-refractivity contribution in [2.24, 2.45) is 5.41 Å². The van der Waals surface area contributed by atoms with Gasteiger partial charge >= 0.3 is 0 Å². The molecule has 0 radical (unpaired) electrons. The molecule has 0 aliphatic carbocycles. The molecule has 0 saturated carbocycles. The standard InChI is InChI=1S/C11H21NO/c1-3-10(2)12-6-4-11(5-7-12)8-13-9-11/h10H,3-9H2,1-2H3. The van der Waals surface area contributed by atoms with Crippen LogP contribution in [0.25, 0.3) is 0 Å². The Balaban J connectivity index is 1.82. The van der Waals surface area contributed by atoms with E-state index < -0.39 is 0 Å². The molecule has 0 amide bonds. The lowest BCUT2D eigenvalue weighted by Gasteiger charge is -2.48. The number of piperidine rings is 1. The zero-order valence-electron chi connectivity index (χ0n) is 8.88. The third-order valence-corrected chi connectivity index (χ3v) is 3.89.